The van der Waals surface area contributed by atoms with Crippen molar-refractivity contribution in [3.63, 3.8) is 0 Å². The number of nitrogens with one attached hydrogen (secondary N) is 1. The highest BCUT2D eigenvalue weighted by Crippen LogP contribution is 2.30. The second-order valence-electron chi connectivity index (χ2n) is 6.87. The third-order valence-electron chi connectivity index (χ3n) is 4.79. The summed E-state index contributed by atoms with van der Waals surface area (Å²) in [6, 6.07) is 11.2. The van der Waals surface area contributed by atoms with Crippen LogP contribution >= 0.6 is 11.6 Å². The van der Waals surface area contributed by atoms with Gasteiger partial charge >= 0.3 is 0 Å². The molecule has 1 saturated heterocycles. The van der Waals surface area contributed by atoms with Gasteiger partial charge in [-0.3, -0.25) is 4.79 Å². The van der Waals surface area contributed by atoms with Gasteiger partial charge in [-0.05, 0) is 56.0 Å². The maximum Gasteiger partial charge on any atom is 0.243 e. The van der Waals surface area contributed by atoms with E-state index in [2.05, 4.69) is 5.32 Å². The minimum absolute atomic E-state index is 0.203. The second-order valence-corrected chi connectivity index (χ2v) is 9.17. The van der Waals surface area contributed by atoms with Crippen molar-refractivity contribution in [2.45, 2.75) is 44.0 Å². The van der Waals surface area contributed by atoms with Gasteiger partial charge in [-0.2, -0.15) is 4.31 Å². The molecule has 1 fully saturated rings. The highest BCUT2D eigenvalue weighted by atomic mass is 35.5. The Morgan fingerprint density at radius 1 is 1.15 bits per heavy atom. The van der Waals surface area contributed by atoms with Gasteiger partial charge in [0, 0.05) is 6.54 Å². The number of halogens is 1. The maximum absolute atomic E-state index is 13.1. The first kappa shape index (κ1) is 19.9. The van der Waals surface area contributed by atoms with Crippen molar-refractivity contribution >= 4 is 33.2 Å². The van der Waals surface area contributed by atoms with Gasteiger partial charge in [0.05, 0.1) is 15.6 Å². The van der Waals surface area contributed by atoms with E-state index in [0.717, 1.165) is 24.0 Å². The van der Waals surface area contributed by atoms with Gasteiger partial charge < -0.3 is 5.32 Å². The Labute approximate surface area is 165 Å². The molecule has 1 N–H and O–H groups in total. The molecule has 0 spiro atoms. The topological polar surface area (TPSA) is 66.5 Å². The summed E-state index contributed by atoms with van der Waals surface area (Å²) in [6.07, 6.45) is 2.03. The molecule has 0 saturated carbocycles. The second kappa shape index (κ2) is 8.00. The quantitative estimate of drug-likeness (QED) is 0.829. The molecule has 0 aliphatic carbocycles. The molecule has 1 amide bonds. The van der Waals surface area contributed by atoms with E-state index in [-0.39, 0.29) is 10.8 Å². The molecule has 1 heterocycles. The number of carbonyl (C=O) groups is 1. The van der Waals surface area contributed by atoms with Crippen molar-refractivity contribution in [1.29, 1.82) is 0 Å². The van der Waals surface area contributed by atoms with Crippen LogP contribution in [0, 0.1) is 13.8 Å². The predicted octanol–water partition coefficient (Wildman–Crippen LogP) is 4.14. The Morgan fingerprint density at radius 3 is 2.52 bits per heavy atom. The molecule has 0 bridgehead atoms. The molecule has 1 aliphatic rings. The van der Waals surface area contributed by atoms with Crippen LogP contribution in [0.25, 0.3) is 0 Å². The van der Waals surface area contributed by atoms with Gasteiger partial charge in [-0.1, -0.05) is 42.3 Å². The molecule has 0 radical (unpaired) electrons. The predicted molar refractivity (Wildman–Crippen MR) is 108 cm³/mol. The summed E-state index contributed by atoms with van der Waals surface area (Å²) in [4.78, 5) is 13.2. The Balaban J connectivity index is 1.89. The third-order valence-corrected chi connectivity index (χ3v) is 7.01. The molecule has 144 valence electrons. The van der Waals surface area contributed by atoms with E-state index in [1.807, 2.05) is 19.9 Å². The highest BCUT2D eigenvalue weighted by molar-refractivity contribution is 7.89. The van der Waals surface area contributed by atoms with Gasteiger partial charge in [0.25, 0.3) is 0 Å². The summed E-state index contributed by atoms with van der Waals surface area (Å²) in [5.41, 5.74) is 2.39. The molecule has 1 aliphatic heterocycles. The normalized spacial score (nSPS) is 18.3. The average Bonchev–Trinajstić information content (AvgIpc) is 2.65. The minimum atomic E-state index is -3.74. The number of nitrogens with zero attached hydrogens (tertiary/aromatic N) is 1. The third kappa shape index (κ3) is 4.18. The lowest BCUT2D eigenvalue weighted by Crippen LogP contribution is -2.49. The summed E-state index contributed by atoms with van der Waals surface area (Å²) in [5.74, 6) is -0.344. The number of piperidine rings is 1. The number of carbonyl (C=O) groups excluding carboxylic acids is 1. The Morgan fingerprint density at radius 2 is 1.85 bits per heavy atom. The van der Waals surface area contributed by atoms with Crippen molar-refractivity contribution < 1.29 is 13.2 Å². The van der Waals surface area contributed by atoms with Crippen molar-refractivity contribution in [3.05, 3.63) is 58.6 Å². The van der Waals surface area contributed by atoms with Gasteiger partial charge in [-0.15, -0.1) is 0 Å². The van der Waals surface area contributed by atoms with Gasteiger partial charge in [0.2, 0.25) is 15.9 Å². The highest BCUT2D eigenvalue weighted by Gasteiger charge is 2.37. The summed E-state index contributed by atoms with van der Waals surface area (Å²) in [6.45, 7) is 4.13. The molecule has 2 aromatic rings. The molecule has 3 rings (SSSR count). The van der Waals surface area contributed by atoms with E-state index in [9.17, 15) is 13.2 Å². The first-order valence-electron chi connectivity index (χ1n) is 8.95. The van der Waals surface area contributed by atoms with Crippen LogP contribution in [0.4, 0.5) is 5.69 Å². The lowest BCUT2D eigenvalue weighted by molar-refractivity contribution is -0.120. The van der Waals surface area contributed by atoms with E-state index in [4.69, 9.17) is 11.6 Å². The molecular weight excluding hydrogens is 384 g/mol. The number of rotatable bonds is 4. The molecular formula is C20H23ClN2O3S. The summed E-state index contributed by atoms with van der Waals surface area (Å²) in [7, 11) is -3.74. The number of sulfonamides is 1. The van der Waals surface area contributed by atoms with Crippen LogP contribution in [-0.2, 0) is 14.8 Å². The molecule has 2 aromatic carbocycles. The number of hydrogen-bond acceptors (Lipinski definition) is 3. The zero-order chi connectivity index (χ0) is 19.6. The number of amides is 1. The average molecular weight is 407 g/mol. The zero-order valence-electron chi connectivity index (χ0n) is 15.4. The fourth-order valence-corrected chi connectivity index (χ4v) is 5.51. The molecule has 0 unspecified atom stereocenters. The molecule has 0 aromatic heterocycles. The Kier molecular flexibility index (Phi) is 5.89. The Bertz CT molecular complexity index is 922. The van der Waals surface area contributed by atoms with Gasteiger partial charge in [-0.25, -0.2) is 8.42 Å². The van der Waals surface area contributed by atoms with Gasteiger partial charge in [0.1, 0.15) is 6.04 Å². The smallest absolute Gasteiger partial charge is 0.243 e. The van der Waals surface area contributed by atoms with E-state index in [0.29, 0.717) is 23.7 Å². The molecule has 7 heteroatoms. The lowest BCUT2D eigenvalue weighted by Gasteiger charge is -2.33. The summed E-state index contributed by atoms with van der Waals surface area (Å²) < 4.78 is 27.4. The zero-order valence-corrected chi connectivity index (χ0v) is 17.0. The van der Waals surface area contributed by atoms with Crippen LogP contribution < -0.4 is 5.32 Å². The van der Waals surface area contributed by atoms with Crippen molar-refractivity contribution in [2.24, 2.45) is 0 Å². The summed E-state index contributed by atoms with van der Waals surface area (Å²) >= 11 is 6.29. The lowest BCUT2D eigenvalue weighted by atomic mass is 10.0. The Hall–Kier alpha value is -1.89. The largest absolute Gasteiger partial charge is 0.323 e. The van der Waals surface area contributed by atoms with Crippen molar-refractivity contribution in [1.82, 2.24) is 4.31 Å². The fraction of sp³-hybridized carbons (Fsp3) is 0.350. The number of aryl methyl sites for hydroxylation is 2. The van der Waals surface area contributed by atoms with Crippen LogP contribution in [-0.4, -0.2) is 31.2 Å². The molecule has 27 heavy (non-hydrogen) atoms. The summed E-state index contributed by atoms with van der Waals surface area (Å²) in [5, 5.41) is 3.30. The van der Waals surface area contributed by atoms with E-state index in [1.54, 1.807) is 36.4 Å². The van der Waals surface area contributed by atoms with Crippen LogP contribution in [0.2, 0.25) is 5.02 Å². The fourth-order valence-electron chi connectivity index (χ4n) is 3.46. The number of hydrogen-bond donors (Lipinski definition) is 1. The SMILES string of the molecule is Cc1cc(C)c(NC(=O)[C@@H]2CCCCN2S(=O)(=O)c2ccccc2)c(Cl)c1. The number of benzene rings is 2. The van der Waals surface area contributed by atoms with Gasteiger partial charge in [0.15, 0.2) is 0 Å². The first-order valence-corrected chi connectivity index (χ1v) is 10.8. The molecule has 1 atom stereocenters. The maximum atomic E-state index is 13.1. The minimum Gasteiger partial charge on any atom is -0.323 e. The number of anilines is 1. The van der Waals surface area contributed by atoms with Crippen LogP contribution in [0.1, 0.15) is 30.4 Å². The van der Waals surface area contributed by atoms with Crippen LogP contribution in [0.3, 0.4) is 0 Å². The standard InChI is InChI=1S/C20H23ClN2O3S/c1-14-12-15(2)19(17(21)13-14)22-20(24)18-10-6-7-11-23(18)27(25,26)16-8-4-3-5-9-16/h3-5,8-9,12-13,18H,6-7,10-11H2,1-2H3,(H,22,24)/t18-/m0/s1. The molecule has 5 nitrogen and oxygen atoms in total. The van der Waals surface area contributed by atoms with Crippen LogP contribution in [0.15, 0.2) is 47.4 Å². The monoisotopic (exact) mass is 406 g/mol. The van der Waals surface area contributed by atoms with Crippen molar-refractivity contribution in [2.75, 3.05) is 11.9 Å². The van der Waals surface area contributed by atoms with E-state index < -0.39 is 16.1 Å². The van der Waals surface area contributed by atoms with Crippen molar-refractivity contribution in [3.8, 4) is 0 Å². The first-order chi connectivity index (χ1) is 12.8. The van der Waals surface area contributed by atoms with E-state index >= 15 is 0 Å². The van der Waals surface area contributed by atoms with E-state index in [1.165, 1.54) is 4.31 Å². The van der Waals surface area contributed by atoms with Crippen LogP contribution in [0.5, 0.6) is 0 Å².